The van der Waals surface area contributed by atoms with Crippen molar-refractivity contribution in [2.24, 2.45) is 11.7 Å². The van der Waals surface area contributed by atoms with Crippen LogP contribution in [0.2, 0.25) is 0 Å². The molecule has 3 aliphatic rings. The molecule has 0 unspecified atom stereocenters. The molecule has 3 aliphatic carbocycles. The van der Waals surface area contributed by atoms with Crippen molar-refractivity contribution in [2.45, 2.75) is 75.8 Å². The van der Waals surface area contributed by atoms with Gasteiger partial charge in [-0.1, -0.05) is 19.3 Å². The van der Waals surface area contributed by atoms with Crippen LogP contribution in [-0.4, -0.2) is 29.6 Å². The van der Waals surface area contributed by atoms with E-state index in [1.165, 1.54) is 77.3 Å². The minimum absolute atomic E-state index is 0.189. The molecule has 0 aromatic heterocycles. The van der Waals surface area contributed by atoms with Crippen LogP contribution in [0.3, 0.4) is 0 Å². The van der Waals surface area contributed by atoms with Gasteiger partial charge < -0.3 is 10.6 Å². The Morgan fingerprint density at radius 1 is 1.00 bits per heavy atom. The van der Waals surface area contributed by atoms with Crippen LogP contribution in [0.15, 0.2) is 0 Å². The molecular formula is C15H28N2. The summed E-state index contributed by atoms with van der Waals surface area (Å²) >= 11 is 0. The van der Waals surface area contributed by atoms with E-state index in [0.29, 0.717) is 0 Å². The van der Waals surface area contributed by atoms with Crippen LogP contribution in [0, 0.1) is 5.92 Å². The van der Waals surface area contributed by atoms with E-state index < -0.39 is 0 Å². The fourth-order valence-corrected chi connectivity index (χ4v) is 3.37. The first-order chi connectivity index (χ1) is 8.25. The third-order valence-electron chi connectivity index (χ3n) is 5.00. The van der Waals surface area contributed by atoms with Crippen LogP contribution in [0.5, 0.6) is 0 Å². The van der Waals surface area contributed by atoms with Crippen molar-refractivity contribution >= 4 is 0 Å². The molecule has 2 nitrogen and oxygen atoms in total. The van der Waals surface area contributed by atoms with Gasteiger partial charge in [0.2, 0.25) is 0 Å². The minimum Gasteiger partial charge on any atom is -0.325 e. The summed E-state index contributed by atoms with van der Waals surface area (Å²) < 4.78 is 0. The Morgan fingerprint density at radius 2 is 1.71 bits per heavy atom. The second-order valence-corrected chi connectivity index (χ2v) is 6.84. The van der Waals surface area contributed by atoms with Crippen LogP contribution in [0.25, 0.3) is 0 Å². The van der Waals surface area contributed by atoms with Gasteiger partial charge in [-0.05, 0) is 50.9 Å². The zero-order valence-corrected chi connectivity index (χ0v) is 11.2. The summed E-state index contributed by atoms with van der Waals surface area (Å²) in [4.78, 5) is 2.76. The number of rotatable bonds is 6. The molecule has 2 heteroatoms. The van der Waals surface area contributed by atoms with E-state index in [0.717, 1.165) is 12.0 Å². The molecule has 0 heterocycles. The van der Waals surface area contributed by atoms with Crippen LogP contribution >= 0.6 is 0 Å². The van der Waals surface area contributed by atoms with Crippen LogP contribution < -0.4 is 5.73 Å². The highest BCUT2D eigenvalue weighted by atomic mass is 15.2. The Morgan fingerprint density at radius 3 is 2.29 bits per heavy atom. The summed E-state index contributed by atoms with van der Waals surface area (Å²) in [5, 5.41) is 0. The fourth-order valence-electron chi connectivity index (χ4n) is 3.37. The summed E-state index contributed by atoms with van der Waals surface area (Å²) in [7, 11) is 0. The first kappa shape index (κ1) is 12.0. The second-order valence-electron chi connectivity index (χ2n) is 6.84. The lowest BCUT2D eigenvalue weighted by Gasteiger charge is -2.35. The third kappa shape index (κ3) is 3.45. The van der Waals surface area contributed by atoms with Crippen molar-refractivity contribution in [3.63, 3.8) is 0 Å². The zero-order valence-electron chi connectivity index (χ0n) is 11.2. The third-order valence-corrected chi connectivity index (χ3v) is 5.00. The molecule has 0 atom stereocenters. The van der Waals surface area contributed by atoms with E-state index in [1.54, 1.807) is 0 Å². The molecule has 0 aliphatic heterocycles. The van der Waals surface area contributed by atoms with Gasteiger partial charge in [-0.2, -0.15) is 0 Å². The van der Waals surface area contributed by atoms with Gasteiger partial charge in [-0.25, -0.2) is 0 Å². The second kappa shape index (κ2) is 4.89. The van der Waals surface area contributed by atoms with Crippen molar-refractivity contribution in [1.82, 2.24) is 4.90 Å². The predicted octanol–water partition coefficient (Wildman–Crippen LogP) is 2.91. The van der Waals surface area contributed by atoms with E-state index in [2.05, 4.69) is 4.90 Å². The van der Waals surface area contributed by atoms with E-state index in [4.69, 9.17) is 5.73 Å². The maximum atomic E-state index is 6.55. The van der Waals surface area contributed by atoms with Crippen LogP contribution in [0.1, 0.15) is 64.2 Å². The Kier molecular flexibility index (Phi) is 3.45. The normalized spacial score (nSPS) is 28.6. The topological polar surface area (TPSA) is 29.3 Å². The van der Waals surface area contributed by atoms with Gasteiger partial charge in [-0.15, -0.1) is 0 Å². The van der Waals surface area contributed by atoms with E-state index in [-0.39, 0.29) is 5.54 Å². The Hall–Kier alpha value is -0.0800. The van der Waals surface area contributed by atoms with Gasteiger partial charge in [-0.3, -0.25) is 0 Å². The molecule has 0 bridgehead atoms. The number of hydrogen-bond acceptors (Lipinski definition) is 2. The van der Waals surface area contributed by atoms with Crippen molar-refractivity contribution in [2.75, 3.05) is 13.1 Å². The molecule has 3 saturated carbocycles. The largest absolute Gasteiger partial charge is 0.325 e. The fraction of sp³-hybridized carbons (Fsp3) is 1.00. The van der Waals surface area contributed by atoms with Gasteiger partial charge >= 0.3 is 0 Å². The lowest BCUT2D eigenvalue weighted by atomic mass is 9.80. The summed E-state index contributed by atoms with van der Waals surface area (Å²) in [5.41, 5.74) is 6.74. The van der Waals surface area contributed by atoms with Crippen molar-refractivity contribution < 1.29 is 0 Å². The average Bonchev–Trinajstić information content (AvgIpc) is 3.16. The van der Waals surface area contributed by atoms with Crippen molar-refractivity contribution in [1.29, 1.82) is 0 Å². The maximum Gasteiger partial charge on any atom is 0.0166 e. The monoisotopic (exact) mass is 236 g/mol. The van der Waals surface area contributed by atoms with Crippen LogP contribution in [0.4, 0.5) is 0 Å². The zero-order chi connectivity index (χ0) is 11.7. The minimum atomic E-state index is 0.189. The van der Waals surface area contributed by atoms with E-state index in [1.807, 2.05) is 0 Å². The molecular weight excluding hydrogens is 208 g/mol. The highest BCUT2D eigenvalue weighted by Crippen LogP contribution is 2.36. The van der Waals surface area contributed by atoms with Gasteiger partial charge in [0, 0.05) is 24.7 Å². The van der Waals surface area contributed by atoms with Gasteiger partial charge in [0.1, 0.15) is 0 Å². The van der Waals surface area contributed by atoms with Crippen molar-refractivity contribution in [3.8, 4) is 0 Å². The maximum absolute atomic E-state index is 6.55. The molecule has 0 amide bonds. The molecule has 0 aromatic carbocycles. The number of nitrogens with two attached hydrogens (primary N) is 1. The molecule has 2 N–H and O–H groups in total. The van der Waals surface area contributed by atoms with Gasteiger partial charge in [0.15, 0.2) is 0 Å². The summed E-state index contributed by atoms with van der Waals surface area (Å²) in [6.45, 7) is 2.65. The molecule has 3 fully saturated rings. The summed E-state index contributed by atoms with van der Waals surface area (Å²) in [5.74, 6) is 1.04. The van der Waals surface area contributed by atoms with Gasteiger partial charge in [0.05, 0.1) is 0 Å². The van der Waals surface area contributed by atoms with E-state index >= 15 is 0 Å². The molecule has 0 spiro atoms. The highest BCUT2D eigenvalue weighted by Gasteiger charge is 2.35. The molecule has 0 aromatic rings. The number of hydrogen-bond donors (Lipinski definition) is 1. The standard InChI is InChI=1S/C15H28N2/c16-15(8-2-1-3-9-15)10-11-17(14-6-7-14)12-13-4-5-13/h13-14H,1-12,16H2. The molecule has 0 radical (unpaired) electrons. The predicted molar refractivity (Wildman–Crippen MR) is 71.9 cm³/mol. The Balaban J connectivity index is 1.46. The average molecular weight is 236 g/mol. The first-order valence-corrected chi connectivity index (χ1v) is 7.78. The summed E-state index contributed by atoms with van der Waals surface area (Å²) in [6.07, 6.45) is 13.8. The smallest absolute Gasteiger partial charge is 0.0166 e. The SMILES string of the molecule is NC1(CCN(CC2CC2)C2CC2)CCCCC1. The quantitative estimate of drug-likeness (QED) is 0.768. The molecule has 98 valence electrons. The van der Waals surface area contributed by atoms with Gasteiger partial charge in [0.25, 0.3) is 0 Å². The molecule has 0 saturated heterocycles. The first-order valence-electron chi connectivity index (χ1n) is 7.78. The van der Waals surface area contributed by atoms with Crippen molar-refractivity contribution in [3.05, 3.63) is 0 Å². The highest BCUT2D eigenvalue weighted by molar-refractivity contribution is 4.92. The van der Waals surface area contributed by atoms with E-state index in [9.17, 15) is 0 Å². The molecule has 17 heavy (non-hydrogen) atoms. The van der Waals surface area contributed by atoms with Crippen LogP contribution in [-0.2, 0) is 0 Å². The lowest BCUT2D eigenvalue weighted by molar-refractivity contribution is 0.196. The number of nitrogens with zero attached hydrogens (tertiary/aromatic N) is 1. The molecule has 3 rings (SSSR count). The Labute approximate surface area is 106 Å². The Bertz CT molecular complexity index is 250. The lowest BCUT2D eigenvalue weighted by Crippen LogP contribution is -2.45. The summed E-state index contributed by atoms with van der Waals surface area (Å²) in [6, 6.07) is 0.933.